The maximum atomic E-state index is 11.6. The van der Waals surface area contributed by atoms with E-state index in [1.54, 1.807) is 0 Å². The Hall–Kier alpha value is -0.820. The molecule has 0 aliphatic rings. The van der Waals surface area contributed by atoms with Crippen LogP contribution in [0.2, 0.25) is 0 Å². The summed E-state index contributed by atoms with van der Waals surface area (Å²) in [6.07, 6.45) is -6.24. The van der Waals surface area contributed by atoms with Crippen molar-refractivity contribution in [3.8, 4) is 0 Å². The molecule has 0 saturated carbocycles. The summed E-state index contributed by atoms with van der Waals surface area (Å²) in [5.74, 6) is -2.17. The van der Waals surface area contributed by atoms with Crippen molar-refractivity contribution >= 4 is 5.91 Å². The first kappa shape index (κ1) is 12.2. The summed E-state index contributed by atoms with van der Waals surface area (Å²) >= 11 is 0. The number of aliphatic hydroxyl groups is 2. The average Bonchev–Trinajstić information content (AvgIpc) is 1.96. The minimum absolute atomic E-state index is 0.751. The van der Waals surface area contributed by atoms with Gasteiger partial charge in [0.15, 0.2) is 0 Å². The van der Waals surface area contributed by atoms with Gasteiger partial charge in [-0.05, 0) is 6.92 Å². The van der Waals surface area contributed by atoms with Gasteiger partial charge in [0.1, 0.15) is 0 Å². The molecule has 1 amide bonds. The molecule has 0 heterocycles. The topological polar surface area (TPSA) is 69.6 Å². The van der Waals surface area contributed by atoms with E-state index in [1.165, 1.54) is 5.32 Å². The summed E-state index contributed by atoms with van der Waals surface area (Å²) in [4.78, 5) is 10.3. The smallest absolute Gasteiger partial charge is 0.394 e. The van der Waals surface area contributed by atoms with E-state index in [9.17, 15) is 18.0 Å². The van der Waals surface area contributed by atoms with Crippen LogP contribution < -0.4 is 5.32 Å². The van der Waals surface area contributed by atoms with Crippen molar-refractivity contribution in [2.75, 3.05) is 6.61 Å². The Bertz CT molecular complexity index is 180. The monoisotopic (exact) mass is 201 g/mol. The Labute approximate surface area is 72.4 Å². The van der Waals surface area contributed by atoms with Gasteiger partial charge in [0.05, 0.1) is 18.8 Å². The Balaban J connectivity index is 4.18. The largest absolute Gasteiger partial charge is 0.471 e. The van der Waals surface area contributed by atoms with Gasteiger partial charge in [0.2, 0.25) is 0 Å². The molecule has 0 aromatic heterocycles. The second-order valence-corrected chi connectivity index (χ2v) is 2.50. The summed E-state index contributed by atoms with van der Waals surface area (Å²) in [7, 11) is 0. The molecule has 0 fully saturated rings. The van der Waals surface area contributed by atoms with Crippen molar-refractivity contribution in [1.29, 1.82) is 0 Å². The molecular weight excluding hydrogens is 191 g/mol. The van der Waals surface area contributed by atoms with Crippen molar-refractivity contribution in [2.24, 2.45) is 0 Å². The maximum absolute atomic E-state index is 11.6. The average molecular weight is 201 g/mol. The van der Waals surface area contributed by atoms with Gasteiger partial charge >= 0.3 is 12.1 Å². The third-order valence-electron chi connectivity index (χ3n) is 1.35. The molecule has 0 bridgehead atoms. The van der Waals surface area contributed by atoms with E-state index in [0.717, 1.165) is 6.92 Å². The molecule has 0 saturated heterocycles. The van der Waals surface area contributed by atoms with Crippen molar-refractivity contribution in [3.05, 3.63) is 0 Å². The number of amides is 1. The van der Waals surface area contributed by atoms with Crippen LogP contribution in [0, 0.1) is 0 Å². The third-order valence-corrected chi connectivity index (χ3v) is 1.35. The van der Waals surface area contributed by atoms with Crippen molar-refractivity contribution in [3.63, 3.8) is 0 Å². The standard InChI is InChI=1S/C6H10F3NO3/c1-3(12)4(2-11)10-5(13)6(7,8)9/h3-4,11-12H,2H2,1H3,(H,10,13). The van der Waals surface area contributed by atoms with Crippen LogP contribution in [0.3, 0.4) is 0 Å². The first-order valence-corrected chi connectivity index (χ1v) is 3.45. The summed E-state index contributed by atoms with van der Waals surface area (Å²) in [5, 5.41) is 18.7. The second-order valence-electron chi connectivity index (χ2n) is 2.50. The van der Waals surface area contributed by atoms with Crippen LogP contribution in [0.5, 0.6) is 0 Å². The lowest BCUT2D eigenvalue weighted by Crippen LogP contribution is -2.49. The molecule has 2 atom stereocenters. The van der Waals surface area contributed by atoms with Gasteiger partial charge < -0.3 is 15.5 Å². The first-order chi connectivity index (χ1) is 5.79. The van der Waals surface area contributed by atoms with E-state index in [-0.39, 0.29) is 0 Å². The van der Waals surface area contributed by atoms with Crippen LogP contribution in [-0.2, 0) is 4.79 Å². The highest BCUT2D eigenvalue weighted by atomic mass is 19.4. The predicted octanol–water partition coefficient (Wildman–Crippen LogP) is -0.593. The van der Waals surface area contributed by atoms with Crippen LogP contribution in [0.4, 0.5) is 13.2 Å². The van der Waals surface area contributed by atoms with E-state index < -0.39 is 30.8 Å². The molecule has 0 rings (SSSR count). The zero-order valence-corrected chi connectivity index (χ0v) is 6.80. The van der Waals surface area contributed by atoms with E-state index in [1.807, 2.05) is 0 Å². The lowest BCUT2D eigenvalue weighted by atomic mass is 10.2. The highest BCUT2D eigenvalue weighted by Gasteiger charge is 2.40. The Morgan fingerprint density at radius 1 is 1.54 bits per heavy atom. The summed E-state index contributed by atoms with van der Waals surface area (Å²) in [5.41, 5.74) is 0. The van der Waals surface area contributed by atoms with Crippen LogP contribution >= 0.6 is 0 Å². The van der Waals surface area contributed by atoms with Crippen LogP contribution in [-0.4, -0.2) is 41.0 Å². The fourth-order valence-corrected chi connectivity index (χ4v) is 0.569. The molecule has 0 radical (unpaired) electrons. The molecule has 13 heavy (non-hydrogen) atoms. The number of carbonyl (C=O) groups excluding carboxylic acids is 1. The highest BCUT2D eigenvalue weighted by molar-refractivity contribution is 5.81. The van der Waals surface area contributed by atoms with Crippen molar-refractivity contribution in [1.82, 2.24) is 5.32 Å². The molecule has 2 unspecified atom stereocenters. The molecule has 0 aliphatic carbocycles. The fraction of sp³-hybridized carbons (Fsp3) is 0.833. The van der Waals surface area contributed by atoms with Gasteiger partial charge in [-0.1, -0.05) is 0 Å². The minimum Gasteiger partial charge on any atom is -0.394 e. The molecule has 7 heteroatoms. The van der Waals surface area contributed by atoms with Crippen LogP contribution in [0.1, 0.15) is 6.92 Å². The van der Waals surface area contributed by atoms with Gasteiger partial charge in [-0.15, -0.1) is 0 Å². The van der Waals surface area contributed by atoms with Crippen molar-refractivity contribution in [2.45, 2.75) is 25.2 Å². The maximum Gasteiger partial charge on any atom is 0.471 e. The summed E-state index contributed by atoms with van der Waals surface area (Å²) in [6, 6.07) is -1.30. The molecule has 0 aromatic rings. The lowest BCUT2D eigenvalue weighted by molar-refractivity contribution is -0.175. The van der Waals surface area contributed by atoms with E-state index in [0.29, 0.717) is 0 Å². The predicted molar refractivity (Wildman–Crippen MR) is 36.8 cm³/mol. The Kier molecular flexibility index (Phi) is 4.15. The normalized spacial score (nSPS) is 16.5. The molecule has 4 nitrogen and oxygen atoms in total. The molecule has 3 N–H and O–H groups in total. The van der Waals surface area contributed by atoms with E-state index in [4.69, 9.17) is 10.2 Å². The zero-order valence-electron chi connectivity index (χ0n) is 6.80. The molecule has 0 aromatic carbocycles. The van der Waals surface area contributed by atoms with Gasteiger partial charge in [0, 0.05) is 0 Å². The molecule has 0 aliphatic heterocycles. The molecule has 0 spiro atoms. The fourth-order valence-electron chi connectivity index (χ4n) is 0.569. The number of alkyl halides is 3. The quantitative estimate of drug-likeness (QED) is 0.571. The zero-order chi connectivity index (χ0) is 10.6. The van der Waals surface area contributed by atoms with Gasteiger partial charge in [0.25, 0.3) is 0 Å². The van der Waals surface area contributed by atoms with Gasteiger partial charge in [-0.3, -0.25) is 4.79 Å². The number of carbonyl (C=O) groups is 1. The number of nitrogens with one attached hydrogen (secondary N) is 1. The van der Waals surface area contributed by atoms with Crippen LogP contribution in [0.25, 0.3) is 0 Å². The Morgan fingerprint density at radius 2 is 2.00 bits per heavy atom. The minimum atomic E-state index is -5.00. The number of halogens is 3. The Morgan fingerprint density at radius 3 is 2.23 bits per heavy atom. The van der Waals surface area contributed by atoms with Crippen LogP contribution in [0.15, 0.2) is 0 Å². The lowest BCUT2D eigenvalue weighted by Gasteiger charge is -2.19. The SMILES string of the molecule is CC(O)C(CO)NC(=O)C(F)(F)F. The third kappa shape index (κ3) is 4.09. The van der Waals surface area contributed by atoms with Gasteiger partial charge in [-0.2, -0.15) is 13.2 Å². The number of aliphatic hydroxyl groups excluding tert-OH is 2. The number of hydrogen-bond donors (Lipinski definition) is 3. The van der Waals surface area contributed by atoms with Crippen molar-refractivity contribution < 1.29 is 28.2 Å². The highest BCUT2D eigenvalue weighted by Crippen LogP contribution is 2.14. The molecular formula is C6H10F3NO3. The number of hydrogen-bond acceptors (Lipinski definition) is 3. The number of rotatable bonds is 3. The van der Waals surface area contributed by atoms with E-state index >= 15 is 0 Å². The second kappa shape index (κ2) is 4.43. The summed E-state index contributed by atoms with van der Waals surface area (Å²) < 4.78 is 34.9. The molecule has 78 valence electrons. The van der Waals surface area contributed by atoms with E-state index in [2.05, 4.69) is 0 Å². The first-order valence-electron chi connectivity index (χ1n) is 3.45. The van der Waals surface area contributed by atoms with Gasteiger partial charge in [-0.25, -0.2) is 0 Å². The summed E-state index contributed by atoms with van der Waals surface area (Å²) in [6.45, 7) is 0.414.